The second-order valence-corrected chi connectivity index (χ2v) is 8.97. The molecule has 28 heavy (non-hydrogen) atoms. The first kappa shape index (κ1) is 19.6. The van der Waals surface area contributed by atoms with Crippen molar-refractivity contribution in [3.05, 3.63) is 81.2 Å². The van der Waals surface area contributed by atoms with Gasteiger partial charge in [-0.25, -0.2) is 0 Å². The molecule has 0 aliphatic heterocycles. The molecule has 0 aliphatic rings. The molecule has 144 valence electrons. The first-order valence-corrected chi connectivity index (χ1v) is 11.1. The predicted octanol–water partition coefficient (Wildman–Crippen LogP) is 4.49. The van der Waals surface area contributed by atoms with Gasteiger partial charge in [0.25, 0.3) is 0 Å². The molecule has 0 bridgehead atoms. The maximum atomic E-state index is 10.7. The lowest BCUT2D eigenvalue weighted by molar-refractivity contribution is -0.660. The van der Waals surface area contributed by atoms with Crippen molar-refractivity contribution >= 4 is 53.7 Å². The molecule has 5 heteroatoms. The highest BCUT2D eigenvalue weighted by molar-refractivity contribution is 9.10. The van der Waals surface area contributed by atoms with Gasteiger partial charge in [-0.05, 0) is 42.0 Å². The maximum absolute atomic E-state index is 10.7. The highest BCUT2D eigenvalue weighted by Crippen LogP contribution is 2.33. The molecule has 1 aromatic heterocycles. The normalized spacial score (nSPS) is 12.7. The molecule has 0 radical (unpaired) electrons. The fourth-order valence-electron chi connectivity index (χ4n) is 3.75. The third-order valence-electron chi connectivity index (χ3n) is 5.10. The largest absolute Gasteiger partial charge is 0.385 e. The van der Waals surface area contributed by atoms with Gasteiger partial charge in [0.15, 0.2) is 0 Å². The van der Waals surface area contributed by atoms with Crippen LogP contribution in [0.4, 0.5) is 0 Å². The van der Waals surface area contributed by atoms with E-state index in [1.54, 1.807) is 0 Å². The van der Waals surface area contributed by atoms with Crippen molar-refractivity contribution in [2.75, 3.05) is 13.1 Å². The van der Waals surface area contributed by atoms with Gasteiger partial charge in [0.1, 0.15) is 12.6 Å². The average Bonchev–Trinajstić information content (AvgIpc) is 2.98. The number of nitrogens with two attached hydrogens (primary N) is 1. The van der Waals surface area contributed by atoms with Gasteiger partial charge in [0.2, 0.25) is 0 Å². The Bertz CT molecular complexity index is 1030. The van der Waals surface area contributed by atoms with Crippen molar-refractivity contribution in [2.24, 2.45) is 0 Å². The van der Waals surface area contributed by atoms with E-state index in [4.69, 9.17) is 0 Å². The summed E-state index contributed by atoms with van der Waals surface area (Å²) in [6.45, 7) is 2.26. The van der Waals surface area contributed by atoms with Crippen LogP contribution in [0.15, 0.2) is 75.7 Å². The van der Waals surface area contributed by atoms with Crippen LogP contribution in [0.5, 0.6) is 0 Å². The van der Waals surface area contributed by atoms with Crippen molar-refractivity contribution in [2.45, 2.75) is 19.1 Å². The quantitative estimate of drug-likeness (QED) is 0.359. The Morgan fingerprint density at radius 2 is 1.46 bits per heavy atom. The lowest BCUT2D eigenvalue weighted by atomic mass is 10.1. The zero-order valence-electron chi connectivity index (χ0n) is 15.5. The Morgan fingerprint density at radius 3 is 2.07 bits per heavy atom. The Labute approximate surface area is 181 Å². The van der Waals surface area contributed by atoms with E-state index < -0.39 is 6.10 Å². The topological polar surface area (TPSA) is 41.8 Å². The van der Waals surface area contributed by atoms with Crippen molar-refractivity contribution in [1.29, 1.82) is 0 Å². The van der Waals surface area contributed by atoms with E-state index in [1.807, 2.05) is 6.07 Å². The van der Waals surface area contributed by atoms with Crippen LogP contribution in [0.3, 0.4) is 0 Å². The fraction of sp³-hybridized carbons (Fsp3) is 0.217. The summed E-state index contributed by atoms with van der Waals surface area (Å²) in [4.78, 5) is 0. The first-order chi connectivity index (χ1) is 13.6. The SMILES string of the molecule is O[C@@H](C[NH2+]CCc1ccccc1)Cn1c2ccc(Br)cc2c2cc(Br)ccc21. The minimum atomic E-state index is -0.401. The summed E-state index contributed by atoms with van der Waals surface area (Å²) in [5.41, 5.74) is 3.64. The monoisotopic (exact) mass is 501 g/mol. The van der Waals surface area contributed by atoms with E-state index in [2.05, 4.69) is 102 Å². The Kier molecular flexibility index (Phi) is 6.16. The lowest BCUT2D eigenvalue weighted by Crippen LogP contribution is -2.87. The zero-order chi connectivity index (χ0) is 19.5. The number of hydrogen-bond donors (Lipinski definition) is 2. The standard InChI is InChI=1S/C23H22Br2N2O/c24-17-6-8-22-20(12-17)21-13-18(25)7-9-23(21)27(22)15-19(28)14-26-11-10-16-4-2-1-3-5-16/h1-9,12-13,19,26,28H,10-11,14-15H2/p+1/t19-/m0/s1. The number of rotatable bonds is 7. The number of aliphatic hydroxyl groups excluding tert-OH is 1. The Balaban J connectivity index is 1.49. The summed E-state index contributed by atoms with van der Waals surface area (Å²) >= 11 is 7.17. The average molecular weight is 503 g/mol. The molecule has 1 atom stereocenters. The van der Waals surface area contributed by atoms with Gasteiger partial charge in [0, 0.05) is 37.2 Å². The highest BCUT2D eigenvalue weighted by atomic mass is 79.9. The van der Waals surface area contributed by atoms with E-state index in [0.717, 1.165) is 32.9 Å². The van der Waals surface area contributed by atoms with Crippen molar-refractivity contribution in [3.8, 4) is 0 Å². The van der Waals surface area contributed by atoms with Crippen LogP contribution >= 0.6 is 31.9 Å². The molecule has 0 amide bonds. The first-order valence-electron chi connectivity index (χ1n) is 9.52. The molecule has 3 aromatic carbocycles. The van der Waals surface area contributed by atoms with Gasteiger partial charge < -0.3 is 15.0 Å². The van der Waals surface area contributed by atoms with Crippen LogP contribution in [0.25, 0.3) is 21.8 Å². The molecule has 4 aromatic rings. The van der Waals surface area contributed by atoms with E-state index >= 15 is 0 Å². The number of quaternary nitrogens is 1. The lowest BCUT2D eigenvalue weighted by Gasteiger charge is -2.13. The molecule has 0 saturated heterocycles. The Hall–Kier alpha value is -1.66. The third kappa shape index (κ3) is 4.33. The number of aliphatic hydroxyl groups is 1. The van der Waals surface area contributed by atoms with E-state index in [1.165, 1.54) is 16.3 Å². The van der Waals surface area contributed by atoms with Crippen LogP contribution < -0.4 is 5.32 Å². The van der Waals surface area contributed by atoms with E-state index in [9.17, 15) is 5.11 Å². The second-order valence-electron chi connectivity index (χ2n) is 7.14. The van der Waals surface area contributed by atoms with Gasteiger partial charge in [-0.15, -0.1) is 0 Å². The summed E-state index contributed by atoms with van der Waals surface area (Å²) in [6.07, 6.45) is 0.618. The van der Waals surface area contributed by atoms with Crippen LogP contribution in [0, 0.1) is 0 Å². The highest BCUT2D eigenvalue weighted by Gasteiger charge is 2.15. The summed E-state index contributed by atoms with van der Waals surface area (Å²) < 4.78 is 4.36. The van der Waals surface area contributed by atoms with E-state index in [-0.39, 0.29) is 0 Å². The predicted molar refractivity (Wildman–Crippen MR) is 123 cm³/mol. The maximum Gasteiger partial charge on any atom is 0.121 e. The minimum absolute atomic E-state index is 0.401. The van der Waals surface area contributed by atoms with Crippen molar-refractivity contribution < 1.29 is 10.4 Å². The van der Waals surface area contributed by atoms with Crippen LogP contribution in [0.1, 0.15) is 5.56 Å². The van der Waals surface area contributed by atoms with Gasteiger partial charge in [-0.3, -0.25) is 0 Å². The zero-order valence-corrected chi connectivity index (χ0v) is 18.7. The molecule has 3 nitrogen and oxygen atoms in total. The van der Waals surface area contributed by atoms with Crippen molar-refractivity contribution in [1.82, 2.24) is 4.57 Å². The molecule has 0 saturated carbocycles. The minimum Gasteiger partial charge on any atom is -0.385 e. The molecule has 0 spiro atoms. The number of benzene rings is 3. The Morgan fingerprint density at radius 1 is 0.857 bits per heavy atom. The smallest absolute Gasteiger partial charge is 0.121 e. The molecule has 0 aliphatic carbocycles. The van der Waals surface area contributed by atoms with Gasteiger partial charge in [-0.2, -0.15) is 0 Å². The van der Waals surface area contributed by atoms with Gasteiger partial charge in [0.05, 0.1) is 13.1 Å². The molecule has 0 unspecified atom stereocenters. The number of halogens is 2. The van der Waals surface area contributed by atoms with Gasteiger partial charge in [-0.1, -0.05) is 62.2 Å². The van der Waals surface area contributed by atoms with Crippen molar-refractivity contribution in [3.63, 3.8) is 0 Å². The van der Waals surface area contributed by atoms with Crippen LogP contribution in [-0.4, -0.2) is 28.9 Å². The molecule has 1 heterocycles. The van der Waals surface area contributed by atoms with E-state index in [0.29, 0.717) is 13.1 Å². The molecule has 0 fully saturated rings. The number of fused-ring (bicyclic) bond motifs is 3. The van der Waals surface area contributed by atoms with Gasteiger partial charge >= 0.3 is 0 Å². The molecule has 4 rings (SSSR count). The molecular formula is C23H23Br2N2O+. The number of nitrogens with zero attached hydrogens (tertiary/aromatic N) is 1. The second kappa shape index (κ2) is 8.78. The third-order valence-corrected chi connectivity index (χ3v) is 6.09. The molecule has 3 N–H and O–H groups in total. The molecular weight excluding hydrogens is 480 g/mol. The summed E-state index contributed by atoms with van der Waals surface area (Å²) in [5.74, 6) is 0. The summed E-state index contributed by atoms with van der Waals surface area (Å²) in [5, 5.41) is 15.3. The summed E-state index contributed by atoms with van der Waals surface area (Å²) in [6, 6.07) is 23.2. The fourth-order valence-corrected chi connectivity index (χ4v) is 4.48. The summed E-state index contributed by atoms with van der Waals surface area (Å²) in [7, 11) is 0. The van der Waals surface area contributed by atoms with Crippen LogP contribution in [-0.2, 0) is 13.0 Å². The van der Waals surface area contributed by atoms with Crippen LogP contribution in [0.2, 0.25) is 0 Å². The number of hydrogen-bond acceptors (Lipinski definition) is 1. The number of aromatic nitrogens is 1.